The number of aromatic nitrogens is 1. The van der Waals surface area contributed by atoms with Gasteiger partial charge >= 0.3 is 0 Å². The van der Waals surface area contributed by atoms with Gasteiger partial charge in [0, 0.05) is 24.3 Å². The minimum Gasteiger partial charge on any atom is -0.362 e. The zero-order valence-electron chi connectivity index (χ0n) is 11.9. The Morgan fingerprint density at radius 1 is 1.25 bits per heavy atom. The predicted molar refractivity (Wildman–Crippen MR) is 82.9 cm³/mol. The lowest BCUT2D eigenvalue weighted by Gasteiger charge is -2.27. The van der Waals surface area contributed by atoms with Crippen LogP contribution in [0.3, 0.4) is 0 Å². The molecule has 104 valence electrons. The summed E-state index contributed by atoms with van der Waals surface area (Å²) < 4.78 is 0. The highest BCUT2D eigenvalue weighted by Gasteiger charge is 2.31. The van der Waals surface area contributed by atoms with Crippen LogP contribution < -0.4 is 10.6 Å². The molecule has 2 N–H and O–H groups in total. The smallest absolute Gasteiger partial charge is 0.0686 e. The van der Waals surface area contributed by atoms with Crippen LogP contribution in [-0.4, -0.2) is 18.1 Å². The second kappa shape index (κ2) is 5.63. The molecule has 3 nitrogen and oxygen atoms in total. The molecule has 2 unspecified atom stereocenters. The van der Waals surface area contributed by atoms with E-state index in [0.717, 1.165) is 25.2 Å². The van der Waals surface area contributed by atoms with Crippen molar-refractivity contribution in [1.82, 2.24) is 4.98 Å². The lowest BCUT2D eigenvalue weighted by Crippen LogP contribution is -2.26. The zero-order chi connectivity index (χ0) is 13.9. The lowest BCUT2D eigenvalue weighted by molar-refractivity contribution is 0.599. The summed E-state index contributed by atoms with van der Waals surface area (Å²) in [6.45, 7) is 4.00. The molecule has 2 aromatic rings. The molecule has 0 fully saturated rings. The van der Waals surface area contributed by atoms with Crippen LogP contribution in [0.25, 0.3) is 0 Å². The van der Waals surface area contributed by atoms with Crippen LogP contribution in [0.2, 0.25) is 0 Å². The molecule has 0 bridgehead atoms. The number of nitrogens with zero attached hydrogens (tertiary/aromatic N) is 2. The van der Waals surface area contributed by atoms with Gasteiger partial charge in [-0.25, -0.2) is 0 Å². The number of para-hydroxylation sites is 1. The van der Waals surface area contributed by atoms with E-state index in [1.165, 1.54) is 11.3 Å². The first-order valence-electron chi connectivity index (χ1n) is 7.28. The van der Waals surface area contributed by atoms with Crippen molar-refractivity contribution >= 4 is 5.69 Å². The third-order valence-corrected chi connectivity index (χ3v) is 4.20. The van der Waals surface area contributed by atoms with Crippen molar-refractivity contribution in [2.24, 2.45) is 5.73 Å². The molecule has 1 aliphatic rings. The van der Waals surface area contributed by atoms with Crippen LogP contribution in [0.4, 0.5) is 5.69 Å². The average Bonchev–Trinajstić information content (AvgIpc) is 2.87. The molecule has 0 saturated carbocycles. The van der Waals surface area contributed by atoms with Crippen LogP contribution in [0.1, 0.15) is 36.6 Å². The first kappa shape index (κ1) is 13.1. The van der Waals surface area contributed by atoms with Crippen molar-refractivity contribution in [2.45, 2.75) is 25.3 Å². The maximum atomic E-state index is 5.77. The summed E-state index contributed by atoms with van der Waals surface area (Å²) in [6.07, 6.45) is 2.91. The van der Waals surface area contributed by atoms with Crippen molar-refractivity contribution in [2.75, 3.05) is 18.0 Å². The number of hydrogen-bond donors (Lipinski definition) is 1. The summed E-state index contributed by atoms with van der Waals surface area (Å²) in [5, 5.41) is 0. The highest BCUT2D eigenvalue weighted by atomic mass is 15.2. The summed E-state index contributed by atoms with van der Waals surface area (Å²) in [5.41, 5.74) is 9.66. The van der Waals surface area contributed by atoms with E-state index in [1.807, 2.05) is 12.3 Å². The summed E-state index contributed by atoms with van der Waals surface area (Å²) in [5.74, 6) is 0.544. The number of anilines is 1. The van der Waals surface area contributed by atoms with Crippen molar-refractivity contribution in [3.63, 3.8) is 0 Å². The summed E-state index contributed by atoms with van der Waals surface area (Å²) in [6, 6.07) is 15.1. The summed E-state index contributed by atoms with van der Waals surface area (Å²) >= 11 is 0. The fourth-order valence-corrected chi connectivity index (χ4v) is 3.13. The third kappa shape index (κ3) is 2.29. The van der Waals surface area contributed by atoms with E-state index in [-0.39, 0.29) is 0 Å². The average molecular weight is 267 g/mol. The van der Waals surface area contributed by atoms with E-state index < -0.39 is 0 Å². The largest absolute Gasteiger partial charge is 0.362 e. The number of benzene rings is 1. The van der Waals surface area contributed by atoms with E-state index in [2.05, 4.69) is 53.2 Å². The molecular weight excluding hydrogens is 246 g/mol. The maximum absolute atomic E-state index is 5.77. The normalized spacial score (nSPS) is 18.9. The van der Waals surface area contributed by atoms with Crippen LogP contribution in [-0.2, 0) is 0 Å². The van der Waals surface area contributed by atoms with Gasteiger partial charge in [0.2, 0.25) is 0 Å². The SMILES string of the molecule is CC(c1ccccn1)N1CC(CCN)c2ccccc21. The molecule has 3 heteroatoms. The van der Waals surface area contributed by atoms with Gasteiger partial charge in [0.05, 0.1) is 11.7 Å². The Balaban J connectivity index is 1.92. The molecule has 0 spiro atoms. The molecule has 1 aliphatic heterocycles. The van der Waals surface area contributed by atoms with E-state index in [0.29, 0.717) is 12.0 Å². The van der Waals surface area contributed by atoms with Crippen LogP contribution >= 0.6 is 0 Å². The minimum atomic E-state index is 0.292. The van der Waals surface area contributed by atoms with Crippen LogP contribution in [0.5, 0.6) is 0 Å². The lowest BCUT2D eigenvalue weighted by atomic mass is 9.98. The molecule has 0 amide bonds. The topological polar surface area (TPSA) is 42.2 Å². The molecule has 2 atom stereocenters. The Bertz CT molecular complexity index is 567. The molecular formula is C17H21N3. The van der Waals surface area contributed by atoms with Gasteiger partial charge in [-0.05, 0) is 43.7 Å². The second-order valence-corrected chi connectivity index (χ2v) is 5.42. The van der Waals surface area contributed by atoms with Gasteiger partial charge in [-0.3, -0.25) is 4.98 Å². The number of pyridine rings is 1. The van der Waals surface area contributed by atoms with Gasteiger partial charge in [-0.2, -0.15) is 0 Å². The fraction of sp³-hybridized carbons (Fsp3) is 0.353. The molecule has 0 radical (unpaired) electrons. The highest BCUT2D eigenvalue weighted by molar-refractivity contribution is 5.61. The molecule has 1 aromatic carbocycles. The van der Waals surface area contributed by atoms with E-state index in [4.69, 9.17) is 5.73 Å². The van der Waals surface area contributed by atoms with Gasteiger partial charge in [0.25, 0.3) is 0 Å². The van der Waals surface area contributed by atoms with Gasteiger partial charge in [-0.15, -0.1) is 0 Å². The third-order valence-electron chi connectivity index (χ3n) is 4.20. The van der Waals surface area contributed by atoms with Crippen LogP contribution in [0, 0.1) is 0 Å². The van der Waals surface area contributed by atoms with Gasteiger partial charge < -0.3 is 10.6 Å². The zero-order valence-corrected chi connectivity index (χ0v) is 11.9. The first-order valence-corrected chi connectivity index (χ1v) is 7.28. The van der Waals surface area contributed by atoms with Gasteiger partial charge in [0.1, 0.15) is 0 Å². The number of hydrogen-bond acceptors (Lipinski definition) is 3. The van der Waals surface area contributed by atoms with Crippen LogP contribution in [0.15, 0.2) is 48.7 Å². The summed E-state index contributed by atoms with van der Waals surface area (Å²) in [7, 11) is 0. The summed E-state index contributed by atoms with van der Waals surface area (Å²) in [4.78, 5) is 6.96. The molecule has 3 rings (SSSR count). The fourth-order valence-electron chi connectivity index (χ4n) is 3.13. The Morgan fingerprint density at radius 2 is 2.05 bits per heavy atom. The van der Waals surface area contributed by atoms with Crippen molar-refractivity contribution in [3.8, 4) is 0 Å². The first-order chi connectivity index (χ1) is 9.81. The Kier molecular flexibility index (Phi) is 3.70. The standard InChI is InChI=1S/C17H21N3/c1-13(16-7-4-5-11-19-16)20-12-14(9-10-18)15-6-2-3-8-17(15)20/h2-8,11,13-14H,9-10,12,18H2,1H3. The quantitative estimate of drug-likeness (QED) is 0.925. The van der Waals surface area contributed by atoms with Crippen molar-refractivity contribution in [3.05, 3.63) is 59.9 Å². The predicted octanol–water partition coefficient (Wildman–Crippen LogP) is 3.10. The van der Waals surface area contributed by atoms with Crippen molar-refractivity contribution in [1.29, 1.82) is 0 Å². The maximum Gasteiger partial charge on any atom is 0.0686 e. The molecule has 2 heterocycles. The second-order valence-electron chi connectivity index (χ2n) is 5.42. The number of fused-ring (bicyclic) bond motifs is 1. The van der Waals surface area contributed by atoms with E-state index >= 15 is 0 Å². The highest BCUT2D eigenvalue weighted by Crippen LogP contribution is 2.41. The molecule has 1 aromatic heterocycles. The Morgan fingerprint density at radius 3 is 2.80 bits per heavy atom. The van der Waals surface area contributed by atoms with E-state index in [1.54, 1.807) is 0 Å². The molecule has 20 heavy (non-hydrogen) atoms. The number of nitrogens with two attached hydrogens (primary N) is 1. The Labute approximate surface area is 120 Å². The van der Waals surface area contributed by atoms with E-state index in [9.17, 15) is 0 Å². The van der Waals surface area contributed by atoms with Crippen molar-refractivity contribution < 1.29 is 0 Å². The van der Waals surface area contributed by atoms with Gasteiger partial charge in [-0.1, -0.05) is 24.3 Å². The minimum absolute atomic E-state index is 0.292. The Hall–Kier alpha value is -1.87. The number of rotatable bonds is 4. The van der Waals surface area contributed by atoms with Gasteiger partial charge in [0.15, 0.2) is 0 Å². The molecule has 0 aliphatic carbocycles. The monoisotopic (exact) mass is 267 g/mol. The molecule has 0 saturated heterocycles.